The average Bonchev–Trinajstić information content (AvgIpc) is 2.39. The van der Waals surface area contributed by atoms with Crippen molar-refractivity contribution in [3.8, 4) is 0 Å². The van der Waals surface area contributed by atoms with Crippen LogP contribution in [0.2, 0.25) is 0 Å². The predicted molar refractivity (Wildman–Crippen MR) is 76.2 cm³/mol. The fourth-order valence-corrected chi connectivity index (χ4v) is 2.73. The van der Waals surface area contributed by atoms with Gasteiger partial charge in [0, 0.05) is 5.92 Å². The van der Waals surface area contributed by atoms with Crippen LogP contribution >= 0.6 is 0 Å². The van der Waals surface area contributed by atoms with Crippen LogP contribution in [0.25, 0.3) is 0 Å². The molecule has 1 aliphatic carbocycles. The third kappa shape index (κ3) is 2.73. The van der Waals surface area contributed by atoms with Gasteiger partial charge in [-0.25, -0.2) is 0 Å². The van der Waals surface area contributed by atoms with Crippen molar-refractivity contribution in [1.82, 2.24) is 0 Å². The molecule has 0 unspecified atom stereocenters. The van der Waals surface area contributed by atoms with Gasteiger partial charge in [-0.1, -0.05) is 54.1 Å². The number of hydrogen-bond donors (Lipinski definition) is 1. The zero-order valence-electron chi connectivity index (χ0n) is 11.3. The minimum absolute atomic E-state index is 0.225. The Morgan fingerprint density at radius 1 is 1.33 bits per heavy atom. The smallest absolute Gasteiger partial charge is 0.0855 e. The summed E-state index contributed by atoms with van der Waals surface area (Å²) < 4.78 is 0. The minimum Gasteiger partial charge on any atom is -0.388 e. The van der Waals surface area contributed by atoms with E-state index in [1.54, 1.807) is 0 Å². The molecule has 0 saturated carbocycles. The second-order valence-corrected chi connectivity index (χ2v) is 5.42. The van der Waals surface area contributed by atoms with E-state index >= 15 is 0 Å². The summed E-state index contributed by atoms with van der Waals surface area (Å²) in [6.07, 6.45) is 3.94. The third-order valence-corrected chi connectivity index (χ3v) is 4.07. The Labute approximate surface area is 110 Å². The Bertz CT molecular complexity index is 444. The summed E-state index contributed by atoms with van der Waals surface area (Å²) in [4.78, 5) is 0. The van der Waals surface area contributed by atoms with Crippen molar-refractivity contribution in [3.05, 3.63) is 59.7 Å². The van der Waals surface area contributed by atoms with Gasteiger partial charge in [0.15, 0.2) is 0 Å². The number of benzene rings is 1. The van der Waals surface area contributed by atoms with Crippen LogP contribution in [0.1, 0.15) is 38.4 Å². The number of hydrogen-bond acceptors (Lipinski definition) is 1. The zero-order chi connectivity index (χ0) is 13.1. The lowest BCUT2D eigenvalue weighted by atomic mass is 9.75. The van der Waals surface area contributed by atoms with Gasteiger partial charge in [0.1, 0.15) is 0 Å². The Morgan fingerprint density at radius 3 is 2.61 bits per heavy atom. The number of aliphatic hydroxyl groups is 1. The molecule has 0 radical (unpaired) electrons. The van der Waals surface area contributed by atoms with Crippen LogP contribution in [0.15, 0.2) is 54.1 Å². The molecule has 96 valence electrons. The molecule has 2 rings (SSSR count). The van der Waals surface area contributed by atoms with E-state index in [9.17, 15) is 5.11 Å². The van der Waals surface area contributed by atoms with Gasteiger partial charge in [-0.15, -0.1) is 0 Å². The molecular formula is C17H22O. The van der Waals surface area contributed by atoms with E-state index in [4.69, 9.17) is 0 Å². The topological polar surface area (TPSA) is 20.2 Å². The van der Waals surface area contributed by atoms with Crippen molar-refractivity contribution in [2.24, 2.45) is 11.8 Å². The highest BCUT2D eigenvalue weighted by Crippen LogP contribution is 2.39. The summed E-state index contributed by atoms with van der Waals surface area (Å²) in [6, 6.07) is 9.95. The molecule has 1 N–H and O–H groups in total. The number of allylic oxidation sites excluding steroid dienone is 2. The highest BCUT2D eigenvalue weighted by Gasteiger charge is 2.28. The molecule has 0 saturated heterocycles. The van der Waals surface area contributed by atoms with E-state index in [-0.39, 0.29) is 5.92 Å². The molecule has 0 heterocycles. The highest BCUT2D eigenvalue weighted by molar-refractivity contribution is 5.23. The molecule has 0 aromatic heterocycles. The van der Waals surface area contributed by atoms with Gasteiger partial charge >= 0.3 is 0 Å². The lowest BCUT2D eigenvalue weighted by Crippen LogP contribution is -2.22. The summed E-state index contributed by atoms with van der Waals surface area (Å²) in [5.74, 6) is 0.736. The molecule has 0 bridgehead atoms. The van der Waals surface area contributed by atoms with Crippen molar-refractivity contribution in [2.75, 3.05) is 0 Å². The Hall–Kier alpha value is -1.34. The highest BCUT2D eigenvalue weighted by atomic mass is 16.3. The Morgan fingerprint density at radius 2 is 2.00 bits per heavy atom. The van der Waals surface area contributed by atoms with Crippen LogP contribution in [0.3, 0.4) is 0 Å². The molecule has 0 fully saturated rings. The van der Waals surface area contributed by atoms with Crippen molar-refractivity contribution in [3.63, 3.8) is 0 Å². The zero-order valence-corrected chi connectivity index (χ0v) is 11.3. The van der Waals surface area contributed by atoms with Crippen molar-refractivity contribution >= 4 is 0 Å². The van der Waals surface area contributed by atoms with Crippen molar-refractivity contribution in [1.29, 1.82) is 0 Å². The quantitative estimate of drug-likeness (QED) is 0.785. The standard InChI is InChI=1S/C17H22O/c1-12(2)15-10-9-13(3)16(11-15)17(18)14-7-5-4-6-8-14/h4-9,15-18H,1,10-11H2,2-3H3/t15-,16-,17+/m0/s1. The largest absolute Gasteiger partial charge is 0.388 e. The second kappa shape index (κ2) is 5.53. The lowest BCUT2D eigenvalue weighted by molar-refractivity contribution is 0.110. The SMILES string of the molecule is C=C(C)[C@H]1CC=C(C)[C@@H]([C@H](O)c2ccccc2)C1. The number of rotatable bonds is 3. The van der Waals surface area contributed by atoms with E-state index in [0.29, 0.717) is 5.92 Å². The van der Waals surface area contributed by atoms with Crippen molar-refractivity contribution < 1.29 is 5.11 Å². The third-order valence-electron chi connectivity index (χ3n) is 4.07. The van der Waals surface area contributed by atoms with E-state index in [2.05, 4.69) is 26.5 Å². The maximum Gasteiger partial charge on any atom is 0.0855 e. The predicted octanol–water partition coefficient (Wildman–Crippen LogP) is 4.27. The first kappa shape index (κ1) is 13.1. The normalized spacial score (nSPS) is 25.4. The van der Waals surface area contributed by atoms with Gasteiger partial charge in [0.2, 0.25) is 0 Å². The van der Waals surface area contributed by atoms with Gasteiger partial charge in [-0.2, -0.15) is 0 Å². The van der Waals surface area contributed by atoms with Gasteiger partial charge in [-0.05, 0) is 38.2 Å². The van der Waals surface area contributed by atoms with Crippen LogP contribution in [0.5, 0.6) is 0 Å². The molecule has 0 aliphatic heterocycles. The van der Waals surface area contributed by atoms with E-state index in [1.807, 2.05) is 30.3 Å². The minimum atomic E-state index is -0.399. The Balaban J connectivity index is 2.19. The van der Waals surface area contributed by atoms with E-state index in [0.717, 1.165) is 18.4 Å². The van der Waals surface area contributed by atoms with Gasteiger partial charge in [0.25, 0.3) is 0 Å². The summed E-state index contributed by atoms with van der Waals surface area (Å²) in [6.45, 7) is 8.28. The monoisotopic (exact) mass is 242 g/mol. The van der Waals surface area contributed by atoms with Gasteiger partial charge in [0.05, 0.1) is 6.10 Å². The maximum atomic E-state index is 10.5. The van der Waals surface area contributed by atoms with E-state index in [1.165, 1.54) is 11.1 Å². The summed E-state index contributed by atoms with van der Waals surface area (Å²) >= 11 is 0. The van der Waals surface area contributed by atoms with Crippen LogP contribution in [0, 0.1) is 11.8 Å². The fraction of sp³-hybridized carbons (Fsp3) is 0.412. The lowest BCUT2D eigenvalue weighted by Gasteiger charge is -2.32. The Kier molecular flexibility index (Phi) is 4.03. The molecule has 3 atom stereocenters. The molecule has 1 heteroatoms. The fourth-order valence-electron chi connectivity index (χ4n) is 2.73. The second-order valence-electron chi connectivity index (χ2n) is 5.42. The molecule has 1 aliphatic rings. The maximum absolute atomic E-state index is 10.5. The van der Waals surface area contributed by atoms with E-state index < -0.39 is 6.10 Å². The van der Waals surface area contributed by atoms with Crippen LogP contribution in [-0.2, 0) is 0 Å². The summed E-state index contributed by atoms with van der Waals surface area (Å²) in [5, 5.41) is 10.5. The van der Waals surface area contributed by atoms with Crippen LogP contribution in [-0.4, -0.2) is 5.11 Å². The van der Waals surface area contributed by atoms with Gasteiger partial charge < -0.3 is 5.11 Å². The first-order valence-electron chi connectivity index (χ1n) is 6.64. The summed E-state index contributed by atoms with van der Waals surface area (Å²) in [7, 11) is 0. The van der Waals surface area contributed by atoms with Gasteiger partial charge in [-0.3, -0.25) is 0 Å². The molecule has 1 aromatic carbocycles. The van der Waals surface area contributed by atoms with Crippen LogP contribution in [0.4, 0.5) is 0 Å². The summed E-state index contributed by atoms with van der Waals surface area (Å²) in [5.41, 5.74) is 3.55. The first-order valence-corrected chi connectivity index (χ1v) is 6.64. The molecule has 0 spiro atoms. The van der Waals surface area contributed by atoms with Crippen LogP contribution < -0.4 is 0 Å². The first-order chi connectivity index (χ1) is 8.59. The molecule has 18 heavy (non-hydrogen) atoms. The molecule has 0 amide bonds. The molecular weight excluding hydrogens is 220 g/mol. The average molecular weight is 242 g/mol. The molecule has 1 aromatic rings. The van der Waals surface area contributed by atoms with Crippen molar-refractivity contribution in [2.45, 2.75) is 32.8 Å². The number of aliphatic hydroxyl groups excluding tert-OH is 1. The molecule has 1 nitrogen and oxygen atoms in total.